The third-order valence-electron chi connectivity index (χ3n) is 3.19. The fraction of sp³-hybridized carbons (Fsp3) is 0.167. The van der Waals surface area contributed by atoms with Crippen LogP contribution < -0.4 is 10.1 Å². The van der Waals surface area contributed by atoms with E-state index < -0.39 is 18.0 Å². The lowest BCUT2D eigenvalue weighted by atomic mass is 10.2. The van der Waals surface area contributed by atoms with Gasteiger partial charge in [-0.05, 0) is 43.3 Å². The number of nitrogens with one attached hydrogen (secondary N) is 1. The van der Waals surface area contributed by atoms with Crippen molar-refractivity contribution >= 4 is 40.8 Å². The summed E-state index contributed by atoms with van der Waals surface area (Å²) < 4.78 is 10.3. The number of halogens is 2. The zero-order valence-electron chi connectivity index (χ0n) is 13.7. The molecule has 2 aromatic carbocycles. The molecule has 0 fully saturated rings. The van der Waals surface area contributed by atoms with Crippen LogP contribution in [0.5, 0.6) is 5.75 Å². The van der Waals surface area contributed by atoms with Gasteiger partial charge in [0.05, 0.1) is 10.6 Å². The Morgan fingerprint density at radius 2 is 2.00 bits per heavy atom. The summed E-state index contributed by atoms with van der Waals surface area (Å²) in [5, 5.41) is 12.1. The minimum atomic E-state index is -1.04. The standard InChI is InChI=1S/C18H14Cl2N2O4/c1-11(18(24)22-14-6-5-12(9-21)16(20)8-14)26-17(23)10-25-15-4-2-3-13(19)7-15/h2-8,11H,10H2,1H3,(H,22,24)/t11-/m0/s1. The molecule has 0 aliphatic carbocycles. The molecule has 1 amide bonds. The summed E-state index contributed by atoms with van der Waals surface area (Å²) in [5.41, 5.74) is 0.680. The van der Waals surface area contributed by atoms with E-state index in [0.29, 0.717) is 22.0 Å². The first-order valence-electron chi connectivity index (χ1n) is 7.47. The average Bonchev–Trinajstić information content (AvgIpc) is 2.60. The highest BCUT2D eigenvalue weighted by atomic mass is 35.5. The largest absolute Gasteiger partial charge is 0.482 e. The molecule has 8 heteroatoms. The number of rotatable bonds is 6. The Labute approximate surface area is 160 Å². The molecule has 0 unspecified atom stereocenters. The summed E-state index contributed by atoms with van der Waals surface area (Å²) >= 11 is 11.7. The fourth-order valence-corrected chi connectivity index (χ4v) is 2.31. The van der Waals surface area contributed by atoms with Gasteiger partial charge in [-0.3, -0.25) is 4.79 Å². The highest BCUT2D eigenvalue weighted by molar-refractivity contribution is 6.32. The molecule has 0 aliphatic rings. The molecule has 134 valence electrons. The van der Waals surface area contributed by atoms with E-state index in [4.69, 9.17) is 37.9 Å². The Bertz CT molecular complexity index is 865. The van der Waals surface area contributed by atoms with Crippen LogP contribution in [0, 0.1) is 11.3 Å². The number of nitrogens with zero attached hydrogens (tertiary/aromatic N) is 1. The second-order valence-corrected chi connectivity index (χ2v) is 6.02. The summed E-state index contributed by atoms with van der Waals surface area (Å²) in [6, 6.07) is 12.9. The van der Waals surface area contributed by atoms with Crippen LogP contribution in [0.25, 0.3) is 0 Å². The van der Waals surface area contributed by atoms with Gasteiger partial charge in [-0.1, -0.05) is 29.3 Å². The predicted molar refractivity (Wildman–Crippen MR) is 97.3 cm³/mol. The Balaban J connectivity index is 1.85. The summed E-state index contributed by atoms with van der Waals surface area (Å²) in [4.78, 5) is 23.9. The zero-order valence-corrected chi connectivity index (χ0v) is 15.2. The normalized spacial score (nSPS) is 11.2. The number of ether oxygens (including phenoxy) is 2. The molecule has 26 heavy (non-hydrogen) atoms. The first kappa shape index (κ1) is 19.6. The van der Waals surface area contributed by atoms with Crippen LogP contribution in [-0.4, -0.2) is 24.6 Å². The Hall–Kier alpha value is -2.75. The lowest BCUT2D eigenvalue weighted by molar-refractivity contribution is -0.155. The molecule has 2 aromatic rings. The van der Waals surface area contributed by atoms with E-state index in [9.17, 15) is 9.59 Å². The van der Waals surface area contributed by atoms with Crippen molar-refractivity contribution in [1.82, 2.24) is 0 Å². The molecule has 0 aliphatic heterocycles. The number of carbonyl (C=O) groups excluding carboxylic acids is 2. The van der Waals surface area contributed by atoms with Crippen molar-refractivity contribution in [3.05, 3.63) is 58.1 Å². The molecule has 0 heterocycles. The first-order chi connectivity index (χ1) is 12.4. The van der Waals surface area contributed by atoms with E-state index in [0.717, 1.165) is 0 Å². The lowest BCUT2D eigenvalue weighted by Crippen LogP contribution is -2.31. The molecular weight excluding hydrogens is 379 g/mol. The second-order valence-electron chi connectivity index (χ2n) is 5.17. The van der Waals surface area contributed by atoms with E-state index in [-0.39, 0.29) is 11.6 Å². The van der Waals surface area contributed by atoms with Gasteiger partial charge in [0.2, 0.25) is 0 Å². The summed E-state index contributed by atoms with van der Waals surface area (Å²) in [7, 11) is 0. The van der Waals surface area contributed by atoms with Gasteiger partial charge >= 0.3 is 5.97 Å². The maximum atomic E-state index is 12.1. The van der Waals surface area contributed by atoms with Crippen molar-refractivity contribution in [2.45, 2.75) is 13.0 Å². The zero-order chi connectivity index (χ0) is 19.1. The van der Waals surface area contributed by atoms with Crippen LogP contribution in [0.4, 0.5) is 5.69 Å². The Kier molecular flexibility index (Phi) is 6.84. The highest BCUT2D eigenvalue weighted by Gasteiger charge is 2.18. The molecule has 1 N–H and O–H groups in total. The van der Waals surface area contributed by atoms with Gasteiger partial charge in [-0.25, -0.2) is 4.79 Å². The van der Waals surface area contributed by atoms with Gasteiger partial charge < -0.3 is 14.8 Å². The molecule has 2 rings (SSSR count). The van der Waals surface area contributed by atoms with E-state index in [2.05, 4.69) is 5.32 Å². The van der Waals surface area contributed by atoms with Crippen molar-refractivity contribution in [3.8, 4) is 11.8 Å². The number of carbonyl (C=O) groups is 2. The van der Waals surface area contributed by atoms with Crippen LogP contribution in [0.3, 0.4) is 0 Å². The van der Waals surface area contributed by atoms with Crippen LogP contribution >= 0.6 is 23.2 Å². The predicted octanol–water partition coefficient (Wildman–Crippen LogP) is 3.81. The maximum Gasteiger partial charge on any atom is 0.344 e. The number of anilines is 1. The van der Waals surface area contributed by atoms with Crippen molar-refractivity contribution in [2.75, 3.05) is 11.9 Å². The van der Waals surface area contributed by atoms with E-state index in [1.54, 1.807) is 24.3 Å². The molecule has 0 saturated heterocycles. The van der Waals surface area contributed by atoms with E-state index >= 15 is 0 Å². The quantitative estimate of drug-likeness (QED) is 0.754. The summed E-state index contributed by atoms with van der Waals surface area (Å²) in [6.45, 7) is 1.07. The van der Waals surface area contributed by atoms with Crippen LogP contribution in [0.15, 0.2) is 42.5 Å². The van der Waals surface area contributed by atoms with Gasteiger partial charge in [0.15, 0.2) is 12.7 Å². The number of nitriles is 1. The SMILES string of the molecule is C[C@H](OC(=O)COc1cccc(Cl)c1)C(=O)Nc1ccc(C#N)c(Cl)c1. The van der Waals surface area contributed by atoms with Gasteiger partial charge in [-0.15, -0.1) is 0 Å². The van der Waals surface area contributed by atoms with Gasteiger partial charge in [0.1, 0.15) is 11.8 Å². The van der Waals surface area contributed by atoms with Gasteiger partial charge in [-0.2, -0.15) is 5.26 Å². The second kappa shape index (κ2) is 9.09. The van der Waals surface area contributed by atoms with Gasteiger partial charge in [0, 0.05) is 10.7 Å². The van der Waals surface area contributed by atoms with Crippen LogP contribution in [0.2, 0.25) is 10.0 Å². The highest BCUT2D eigenvalue weighted by Crippen LogP contribution is 2.20. The maximum absolute atomic E-state index is 12.1. The average molecular weight is 393 g/mol. The van der Waals surface area contributed by atoms with Crippen molar-refractivity contribution in [3.63, 3.8) is 0 Å². The lowest BCUT2D eigenvalue weighted by Gasteiger charge is -2.14. The first-order valence-corrected chi connectivity index (χ1v) is 8.23. The number of benzene rings is 2. The van der Waals surface area contributed by atoms with Gasteiger partial charge in [0.25, 0.3) is 5.91 Å². The fourth-order valence-electron chi connectivity index (χ4n) is 1.91. The van der Waals surface area contributed by atoms with Crippen LogP contribution in [0.1, 0.15) is 12.5 Å². The minimum Gasteiger partial charge on any atom is -0.482 e. The third-order valence-corrected chi connectivity index (χ3v) is 3.74. The monoisotopic (exact) mass is 392 g/mol. The third kappa shape index (κ3) is 5.66. The molecule has 0 radical (unpaired) electrons. The topological polar surface area (TPSA) is 88.4 Å². The van der Waals surface area contributed by atoms with E-state index in [1.165, 1.54) is 25.1 Å². The smallest absolute Gasteiger partial charge is 0.344 e. The van der Waals surface area contributed by atoms with Crippen molar-refractivity contribution < 1.29 is 19.1 Å². The summed E-state index contributed by atoms with van der Waals surface area (Å²) in [6.07, 6.45) is -1.04. The summed E-state index contributed by atoms with van der Waals surface area (Å²) in [5.74, 6) is -0.828. The Morgan fingerprint density at radius 1 is 1.23 bits per heavy atom. The Morgan fingerprint density at radius 3 is 2.65 bits per heavy atom. The van der Waals surface area contributed by atoms with E-state index in [1.807, 2.05) is 6.07 Å². The molecule has 1 atom stereocenters. The molecule has 0 saturated carbocycles. The molecule has 6 nitrogen and oxygen atoms in total. The number of hydrogen-bond acceptors (Lipinski definition) is 5. The van der Waals surface area contributed by atoms with Crippen molar-refractivity contribution in [2.24, 2.45) is 0 Å². The number of amides is 1. The molecule has 0 spiro atoms. The number of hydrogen-bond donors (Lipinski definition) is 1. The molecule has 0 bridgehead atoms. The number of esters is 1. The minimum absolute atomic E-state index is 0.213. The molecule has 0 aromatic heterocycles. The van der Waals surface area contributed by atoms with Crippen LogP contribution in [-0.2, 0) is 14.3 Å². The van der Waals surface area contributed by atoms with Crippen molar-refractivity contribution in [1.29, 1.82) is 5.26 Å². The molecular formula is C18H14Cl2N2O4.